The monoisotopic (exact) mass is 344 g/mol. The van der Waals surface area contributed by atoms with Crippen LogP contribution in [0.5, 0.6) is 0 Å². The molecule has 5 heteroatoms. The van der Waals surface area contributed by atoms with Gasteiger partial charge in [-0.1, -0.05) is 12.1 Å². The molecule has 2 aromatic heterocycles. The van der Waals surface area contributed by atoms with E-state index in [9.17, 15) is 4.39 Å². The van der Waals surface area contributed by atoms with E-state index in [0.717, 1.165) is 39.0 Å². The standard InChI is InChI=1S/C21H17FN4/c1-13-10-16(22)6-7-17(13)14-5-8-19-18(11-14)21(23-2)26-20(25-19)15-4-3-9-24-12-15/h3-12H,1-2H3,(H,23,25,26). The molecule has 0 atom stereocenters. The first-order valence-corrected chi connectivity index (χ1v) is 8.32. The maximum Gasteiger partial charge on any atom is 0.163 e. The molecule has 0 spiro atoms. The average molecular weight is 344 g/mol. The Labute approximate surface area is 150 Å². The van der Waals surface area contributed by atoms with Gasteiger partial charge in [-0.05, 0) is 60.0 Å². The van der Waals surface area contributed by atoms with Gasteiger partial charge in [-0.25, -0.2) is 14.4 Å². The number of hydrogen-bond donors (Lipinski definition) is 1. The van der Waals surface area contributed by atoms with E-state index in [2.05, 4.69) is 20.3 Å². The lowest BCUT2D eigenvalue weighted by molar-refractivity contribution is 0.627. The highest BCUT2D eigenvalue weighted by atomic mass is 19.1. The van der Waals surface area contributed by atoms with E-state index in [0.29, 0.717) is 5.82 Å². The Morgan fingerprint density at radius 2 is 1.85 bits per heavy atom. The van der Waals surface area contributed by atoms with Crippen molar-refractivity contribution in [2.75, 3.05) is 12.4 Å². The summed E-state index contributed by atoms with van der Waals surface area (Å²) in [7, 11) is 1.84. The van der Waals surface area contributed by atoms with Crippen molar-refractivity contribution in [2.24, 2.45) is 0 Å². The van der Waals surface area contributed by atoms with Gasteiger partial charge in [0.05, 0.1) is 5.52 Å². The van der Waals surface area contributed by atoms with Gasteiger partial charge in [0.1, 0.15) is 11.6 Å². The molecule has 2 aromatic carbocycles. The zero-order valence-corrected chi connectivity index (χ0v) is 14.5. The summed E-state index contributed by atoms with van der Waals surface area (Å²) in [6, 6.07) is 14.6. The molecule has 0 bridgehead atoms. The summed E-state index contributed by atoms with van der Waals surface area (Å²) in [5.41, 5.74) is 4.59. The van der Waals surface area contributed by atoms with Gasteiger partial charge in [0.15, 0.2) is 5.82 Å². The number of aromatic nitrogens is 3. The summed E-state index contributed by atoms with van der Waals surface area (Å²) in [6.45, 7) is 1.91. The minimum Gasteiger partial charge on any atom is -0.373 e. The van der Waals surface area contributed by atoms with Crippen LogP contribution >= 0.6 is 0 Å². The summed E-state index contributed by atoms with van der Waals surface area (Å²) in [5.74, 6) is 1.14. The summed E-state index contributed by atoms with van der Waals surface area (Å²) >= 11 is 0. The maximum absolute atomic E-state index is 13.4. The van der Waals surface area contributed by atoms with E-state index in [4.69, 9.17) is 0 Å². The molecule has 0 aliphatic heterocycles. The van der Waals surface area contributed by atoms with Crippen molar-refractivity contribution >= 4 is 16.7 Å². The normalized spacial score (nSPS) is 10.9. The van der Waals surface area contributed by atoms with Gasteiger partial charge >= 0.3 is 0 Å². The number of pyridine rings is 1. The van der Waals surface area contributed by atoms with Crippen LogP contribution in [0.3, 0.4) is 0 Å². The topological polar surface area (TPSA) is 50.7 Å². The van der Waals surface area contributed by atoms with Crippen molar-refractivity contribution in [3.05, 3.63) is 72.3 Å². The first-order chi connectivity index (χ1) is 12.7. The Hall–Kier alpha value is -3.34. The molecule has 0 unspecified atom stereocenters. The van der Waals surface area contributed by atoms with Gasteiger partial charge in [0.2, 0.25) is 0 Å². The second-order valence-electron chi connectivity index (χ2n) is 6.08. The van der Waals surface area contributed by atoms with Gasteiger partial charge in [-0.2, -0.15) is 0 Å². The van der Waals surface area contributed by atoms with E-state index in [-0.39, 0.29) is 5.82 Å². The molecule has 4 aromatic rings. The quantitative estimate of drug-likeness (QED) is 0.577. The van der Waals surface area contributed by atoms with Crippen molar-refractivity contribution in [1.29, 1.82) is 0 Å². The third-order valence-corrected chi connectivity index (χ3v) is 4.35. The van der Waals surface area contributed by atoms with Crippen molar-refractivity contribution < 1.29 is 4.39 Å². The number of rotatable bonds is 3. The van der Waals surface area contributed by atoms with Gasteiger partial charge in [-0.15, -0.1) is 0 Å². The fourth-order valence-electron chi connectivity index (χ4n) is 3.06. The van der Waals surface area contributed by atoms with Crippen LogP contribution in [-0.2, 0) is 0 Å². The van der Waals surface area contributed by atoms with Crippen LogP contribution in [-0.4, -0.2) is 22.0 Å². The Morgan fingerprint density at radius 1 is 0.962 bits per heavy atom. The number of nitrogens with one attached hydrogen (secondary N) is 1. The van der Waals surface area contributed by atoms with Crippen LogP contribution in [0.4, 0.5) is 10.2 Å². The lowest BCUT2D eigenvalue weighted by Gasteiger charge is -2.11. The van der Waals surface area contributed by atoms with Crippen LogP contribution in [0.15, 0.2) is 60.9 Å². The summed E-state index contributed by atoms with van der Waals surface area (Å²) in [5, 5.41) is 4.07. The predicted octanol–water partition coefficient (Wildman–Crippen LogP) is 4.85. The van der Waals surface area contributed by atoms with Crippen molar-refractivity contribution in [3.63, 3.8) is 0 Å². The Morgan fingerprint density at radius 3 is 2.58 bits per heavy atom. The largest absolute Gasteiger partial charge is 0.373 e. The molecule has 0 saturated heterocycles. The number of anilines is 1. The molecular formula is C21H17FN4. The third-order valence-electron chi connectivity index (χ3n) is 4.35. The number of halogens is 1. The van der Waals surface area contributed by atoms with Gasteiger partial charge in [0.25, 0.3) is 0 Å². The van der Waals surface area contributed by atoms with Gasteiger partial charge in [0, 0.05) is 30.4 Å². The Kier molecular flexibility index (Phi) is 4.05. The van der Waals surface area contributed by atoms with Gasteiger partial charge < -0.3 is 5.32 Å². The van der Waals surface area contributed by atoms with Crippen molar-refractivity contribution in [1.82, 2.24) is 15.0 Å². The highest BCUT2D eigenvalue weighted by molar-refractivity contribution is 5.94. The molecule has 0 radical (unpaired) electrons. The van der Waals surface area contributed by atoms with E-state index in [1.165, 1.54) is 6.07 Å². The average Bonchev–Trinajstić information content (AvgIpc) is 2.67. The fraction of sp³-hybridized carbons (Fsp3) is 0.0952. The molecule has 128 valence electrons. The maximum atomic E-state index is 13.4. The van der Waals surface area contributed by atoms with Crippen LogP contribution in [0, 0.1) is 12.7 Å². The Balaban J connectivity index is 1.88. The molecule has 0 aliphatic rings. The minimum absolute atomic E-state index is 0.229. The van der Waals surface area contributed by atoms with Crippen LogP contribution in [0.2, 0.25) is 0 Å². The summed E-state index contributed by atoms with van der Waals surface area (Å²) in [6.07, 6.45) is 3.47. The highest BCUT2D eigenvalue weighted by Crippen LogP contribution is 2.31. The first kappa shape index (κ1) is 16.1. The van der Waals surface area contributed by atoms with E-state index in [1.54, 1.807) is 24.5 Å². The Bertz CT molecular complexity index is 1090. The number of hydrogen-bond acceptors (Lipinski definition) is 4. The highest BCUT2D eigenvalue weighted by Gasteiger charge is 2.11. The molecular weight excluding hydrogens is 327 g/mol. The second-order valence-corrected chi connectivity index (χ2v) is 6.08. The zero-order chi connectivity index (χ0) is 18.1. The molecule has 4 nitrogen and oxygen atoms in total. The molecule has 2 heterocycles. The molecule has 4 rings (SSSR count). The lowest BCUT2D eigenvalue weighted by atomic mass is 9.99. The summed E-state index contributed by atoms with van der Waals surface area (Å²) in [4.78, 5) is 13.4. The lowest BCUT2D eigenvalue weighted by Crippen LogP contribution is -1.99. The number of fused-ring (bicyclic) bond motifs is 1. The molecule has 0 fully saturated rings. The SMILES string of the molecule is CNc1nc(-c2cccnc2)nc2ccc(-c3ccc(F)cc3C)cc12. The zero-order valence-electron chi connectivity index (χ0n) is 14.5. The van der Waals surface area contributed by atoms with E-state index in [1.807, 2.05) is 44.3 Å². The molecule has 0 aliphatic carbocycles. The smallest absolute Gasteiger partial charge is 0.163 e. The third kappa shape index (κ3) is 2.88. The fourth-order valence-corrected chi connectivity index (χ4v) is 3.06. The molecule has 0 saturated carbocycles. The predicted molar refractivity (Wildman–Crippen MR) is 102 cm³/mol. The van der Waals surface area contributed by atoms with Crippen LogP contribution in [0.25, 0.3) is 33.4 Å². The van der Waals surface area contributed by atoms with Crippen LogP contribution in [0.1, 0.15) is 5.56 Å². The number of aryl methyl sites for hydroxylation is 1. The van der Waals surface area contributed by atoms with E-state index >= 15 is 0 Å². The molecule has 1 N–H and O–H groups in total. The number of nitrogens with zero attached hydrogens (tertiary/aromatic N) is 3. The van der Waals surface area contributed by atoms with Crippen molar-refractivity contribution in [2.45, 2.75) is 6.92 Å². The van der Waals surface area contributed by atoms with E-state index < -0.39 is 0 Å². The minimum atomic E-state index is -0.229. The second kappa shape index (κ2) is 6.52. The number of benzene rings is 2. The van der Waals surface area contributed by atoms with Gasteiger partial charge in [-0.3, -0.25) is 4.98 Å². The molecule has 26 heavy (non-hydrogen) atoms. The first-order valence-electron chi connectivity index (χ1n) is 8.32. The summed E-state index contributed by atoms with van der Waals surface area (Å²) < 4.78 is 13.4. The van der Waals surface area contributed by atoms with Crippen molar-refractivity contribution in [3.8, 4) is 22.5 Å². The molecule has 0 amide bonds. The van der Waals surface area contributed by atoms with Crippen LogP contribution < -0.4 is 5.32 Å².